The van der Waals surface area contributed by atoms with Gasteiger partial charge < -0.3 is 9.64 Å². The van der Waals surface area contributed by atoms with Crippen molar-refractivity contribution in [2.75, 3.05) is 4.90 Å². The van der Waals surface area contributed by atoms with E-state index in [0.717, 1.165) is 21.2 Å². The van der Waals surface area contributed by atoms with Crippen LogP contribution in [0.25, 0.3) is 0 Å². The Morgan fingerprint density at radius 3 is 2.68 bits per heavy atom. The lowest BCUT2D eigenvalue weighted by Crippen LogP contribution is -2.17. The third-order valence-corrected chi connectivity index (χ3v) is 4.87. The number of halogens is 1. The highest BCUT2D eigenvalue weighted by Gasteiger charge is 2.26. The van der Waals surface area contributed by atoms with Gasteiger partial charge in [-0.05, 0) is 36.8 Å². The van der Waals surface area contributed by atoms with Gasteiger partial charge in [-0.2, -0.15) is 0 Å². The van der Waals surface area contributed by atoms with Crippen molar-refractivity contribution in [1.82, 2.24) is 0 Å². The van der Waals surface area contributed by atoms with Crippen LogP contribution in [0.15, 0.2) is 58.5 Å². The predicted molar refractivity (Wildman–Crippen MR) is 100 cm³/mol. The standard InChI is InChI=1S/C19H16ClNO3S/c1-12(22)8-19-21(11-14-4-3-5-15(20)9-14)17-10-16(24-13(2)23)6-7-18(17)25-19/h3-10H,11H2,1-2H3/b19-8-. The minimum atomic E-state index is -0.369. The number of thioether (sulfide) groups is 1. The number of fused-ring (bicyclic) bond motifs is 1. The van der Waals surface area contributed by atoms with E-state index in [1.807, 2.05) is 41.3 Å². The molecule has 0 spiro atoms. The molecule has 0 atom stereocenters. The maximum Gasteiger partial charge on any atom is 0.308 e. The van der Waals surface area contributed by atoms with Crippen molar-refractivity contribution in [2.24, 2.45) is 0 Å². The van der Waals surface area contributed by atoms with E-state index in [1.54, 1.807) is 12.1 Å². The number of esters is 1. The van der Waals surface area contributed by atoms with E-state index in [1.165, 1.54) is 25.6 Å². The molecule has 4 nitrogen and oxygen atoms in total. The van der Waals surface area contributed by atoms with Gasteiger partial charge in [0.2, 0.25) is 0 Å². The van der Waals surface area contributed by atoms with Crippen LogP contribution in [-0.2, 0) is 16.1 Å². The normalized spacial score (nSPS) is 14.5. The monoisotopic (exact) mass is 373 g/mol. The molecular formula is C19H16ClNO3S. The zero-order valence-electron chi connectivity index (χ0n) is 13.8. The van der Waals surface area contributed by atoms with Crippen LogP contribution in [0.2, 0.25) is 5.02 Å². The lowest BCUT2D eigenvalue weighted by atomic mass is 10.2. The molecule has 3 rings (SSSR count). The van der Waals surface area contributed by atoms with Crippen LogP contribution in [0.5, 0.6) is 5.75 Å². The quantitative estimate of drug-likeness (QED) is 0.437. The fourth-order valence-corrected chi connectivity index (χ4v) is 3.92. The van der Waals surface area contributed by atoms with Gasteiger partial charge in [0.1, 0.15) is 5.75 Å². The zero-order valence-corrected chi connectivity index (χ0v) is 15.4. The van der Waals surface area contributed by atoms with Gasteiger partial charge in [-0.15, -0.1) is 0 Å². The van der Waals surface area contributed by atoms with Gasteiger partial charge in [0, 0.05) is 35.5 Å². The van der Waals surface area contributed by atoms with Crippen LogP contribution in [0, 0.1) is 0 Å². The maximum absolute atomic E-state index is 11.6. The second-order valence-electron chi connectivity index (χ2n) is 5.63. The molecule has 1 heterocycles. The Morgan fingerprint density at radius 1 is 1.20 bits per heavy atom. The predicted octanol–water partition coefficient (Wildman–Crippen LogP) is 4.81. The summed E-state index contributed by atoms with van der Waals surface area (Å²) in [6.45, 7) is 3.45. The van der Waals surface area contributed by atoms with Crippen molar-refractivity contribution >= 4 is 40.8 Å². The number of hydrogen-bond acceptors (Lipinski definition) is 5. The van der Waals surface area contributed by atoms with Crippen molar-refractivity contribution in [3.8, 4) is 5.75 Å². The summed E-state index contributed by atoms with van der Waals surface area (Å²) in [7, 11) is 0. The number of carbonyl (C=O) groups excluding carboxylic acids is 2. The lowest BCUT2D eigenvalue weighted by Gasteiger charge is -2.21. The topological polar surface area (TPSA) is 46.6 Å². The minimum Gasteiger partial charge on any atom is -0.427 e. The van der Waals surface area contributed by atoms with Crippen LogP contribution < -0.4 is 9.64 Å². The number of carbonyl (C=O) groups is 2. The van der Waals surface area contributed by atoms with Gasteiger partial charge in [-0.25, -0.2) is 0 Å². The molecule has 0 amide bonds. The van der Waals surface area contributed by atoms with Gasteiger partial charge >= 0.3 is 5.97 Å². The number of ketones is 1. The lowest BCUT2D eigenvalue weighted by molar-refractivity contribution is -0.131. The third kappa shape index (κ3) is 4.24. The summed E-state index contributed by atoms with van der Waals surface area (Å²) in [5.74, 6) is 0.0881. The molecule has 1 aliphatic heterocycles. The fraction of sp³-hybridized carbons (Fsp3) is 0.158. The molecule has 0 saturated carbocycles. The molecule has 1 aliphatic rings. The second kappa shape index (κ2) is 7.33. The van der Waals surface area contributed by atoms with Crippen molar-refractivity contribution in [2.45, 2.75) is 25.3 Å². The smallest absolute Gasteiger partial charge is 0.308 e. The molecule has 2 aromatic carbocycles. The molecule has 0 radical (unpaired) electrons. The van der Waals surface area contributed by atoms with Crippen molar-refractivity contribution in [3.63, 3.8) is 0 Å². The number of allylic oxidation sites excluding steroid dienone is 1. The van der Waals surface area contributed by atoms with Gasteiger partial charge in [0.15, 0.2) is 5.78 Å². The number of hydrogen-bond donors (Lipinski definition) is 0. The Hall–Kier alpha value is -2.24. The Kier molecular flexibility index (Phi) is 5.16. The van der Waals surface area contributed by atoms with E-state index in [9.17, 15) is 9.59 Å². The highest BCUT2D eigenvalue weighted by Crippen LogP contribution is 2.48. The molecule has 0 N–H and O–H groups in total. The molecule has 2 aromatic rings. The second-order valence-corrected chi connectivity index (χ2v) is 7.13. The Morgan fingerprint density at radius 2 is 2.00 bits per heavy atom. The number of benzene rings is 2. The van der Waals surface area contributed by atoms with Crippen molar-refractivity contribution in [1.29, 1.82) is 0 Å². The molecule has 128 valence electrons. The first-order valence-electron chi connectivity index (χ1n) is 7.67. The number of anilines is 1. The van der Waals surface area contributed by atoms with Gasteiger partial charge in [-0.3, -0.25) is 9.59 Å². The molecule has 25 heavy (non-hydrogen) atoms. The van der Waals surface area contributed by atoms with Crippen LogP contribution in [-0.4, -0.2) is 11.8 Å². The molecule has 0 unspecified atom stereocenters. The van der Waals surface area contributed by atoms with Gasteiger partial charge in [-0.1, -0.05) is 35.5 Å². The van der Waals surface area contributed by atoms with Crippen LogP contribution in [0.4, 0.5) is 5.69 Å². The molecule has 0 aliphatic carbocycles. The average Bonchev–Trinajstić information content (AvgIpc) is 2.83. The summed E-state index contributed by atoms with van der Waals surface area (Å²) in [5.41, 5.74) is 1.92. The molecule has 0 fully saturated rings. The largest absolute Gasteiger partial charge is 0.427 e. The van der Waals surface area contributed by atoms with E-state index >= 15 is 0 Å². The summed E-state index contributed by atoms with van der Waals surface area (Å²) in [6, 6.07) is 13.1. The van der Waals surface area contributed by atoms with E-state index in [-0.39, 0.29) is 11.8 Å². The highest BCUT2D eigenvalue weighted by molar-refractivity contribution is 8.03. The summed E-state index contributed by atoms with van der Waals surface area (Å²) >= 11 is 7.60. The molecule has 0 saturated heterocycles. The Bertz CT molecular complexity index is 879. The van der Waals surface area contributed by atoms with E-state index in [4.69, 9.17) is 16.3 Å². The maximum atomic E-state index is 11.6. The average molecular weight is 374 g/mol. The third-order valence-electron chi connectivity index (χ3n) is 3.52. The molecule has 6 heteroatoms. The molecule has 0 bridgehead atoms. The fourth-order valence-electron chi connectivity index (χ4n) is 2.57. The first kappa shape index (κ1) is 17.6. The molecular weight excluding hydrogens is 358 g/mol. The summed E-state index contributed by atoms with van der Waals surface area (Å²) in [4.78, 5) is 25.9. The first-order chi connectivity index (χ1) is 11.9. The molecule has 0 aromatic heterocycles. The SMILES string of the molecule is CC(=O)/C=C1\Sc2ccc(OC(C)=O)cc2N1Cc1cccc(Cl)c1. The summed E-state index contributed by atoms with van der Waals surface area (Å²) in [6.07, 6.45) is 1.61. The van der Waals surface area contributed by atoms with Crippen molar-refractivity contribution < 1.29 is 14.3 Å². The van der Waals surface area contributed by atoms with Gasteiger partial charge in [0.05, 0.1) is 10.7 Å². The van der Waals surface area contributed by atoms with E-state index < -0.39 is 0 Å². The van der Waals surface area contributed by atoms with E-state index in [2.05, 4.69) is 0 Å². The number of rotatable bonds is 4. The van der Waals surface area contributed by atoms with Gasteiger partial charge in [0.25, 0.3) is 0 Å². The van der Waals surface area contributed by atoms with Crippen LogP contribution in [0.3, 0.4) is 0 Å². The highest BCUT2D eigenvalue weighted by atomic mass is 35.5. The zero-order chi connectivity index (χ0) is 18.0. The first-order valence-corrected chi connectivity index (χ1v) is 8.86. The minimum absolute atomic E-state index is 0.0217. The van der Waals surface area contributed by atoms with Crippen LogP contribution >= 0.6 is 23.4 Å². The van der Waals surface area contributed by atoms with Crippen molar-refractivity contribution in [3.05, 3.63) is 64.2 Å². The Balaban J connectivity index is 1.99. The number of ether oxygens (including phenoxy) is 1. The summed E-state index contributed by atoms with van der Waals surface area (Å²) < 4.78 is 5.19. The summed E-state index contributed by atoms with van der Waals surface area (Å²) in [5, 5.41) is 1.50. The van der Waals surface area contributed by atoms with Crippen LogP contribution in [0.1, 0.15) is 19.4 Å². The number of nitrogens with zero attached hydrogens (tertiary/aromatic N) is 1. The Labute approximate surface area is 155 Å². The van der Waals surface area contributed by atoms with E-state index in [0.29, 0.717) is 17.3 Å².